The van der Waals surface area contributed by atoms with Crippen LogP contribution in [0.15, 0.2) is 18.2 Å². The van der Waals surface area contributed by atoms with Gasteiger partial charge in [0.2, 0.25) is 0 Å². The second-order valence-corrected chi connectivity index (χ2v) is 6.83. The minimum atomic E-state index is -2.10. The Labute approximate surface area is 143 Å². The highest BCUT2D eigenvalue weighted by Crippen LogP contribution is 2.29. The van der Waals surface area contributed by atoms with Crippen LogP contribution in [0, 0.1) is 0 Å². The first-order chi connectivity index (χ1) is 10.1. The number of amides is 1. The Bertz CT molecular complexity index is 556. The molecule has 0 aliphatic heterocycles. The summed E-state index contributed by atoms with van der Waals surface area (Å²) in [6.07, 6.45) is -0.130. The molecule has 1 amide bonds. The van der Waals surface area contributed by atoms with E-state index in [9.17, 15) is 9.59 Å². The zero-order chi connectivity index (χ0) is 16.9. The van der Waals surface area contributed by atoms with Crippen LogP contribution in [0.2, 0.25) is 0 Å². The molecule has 0 fully saturated rings. The molecule has 8 heteroatoms. The van der Waals surface area contributed by atoms with Crippen molar-refractivity contribution >= 4 is 52.4 Å². The van der Waals surface area contributed by atoms with Gasteiger partial charge in [-0.1, -0.05) is 34.8 Å². The average molecular weight is 369 g/mol. The Morgan fingerprint density at radius 2 is 1.91 bits per heavy atom. The largest absolute Gasteiger partial charge is 0.490 e. The van der Waals surface area contributed by atoms with Crippen LogP contribution in [0.5, 0.6) is 5.75 Å². The van der Waals surface area contributed by atoms with Gasteiger partial charge in [-0.2, -0.15) is 0 Å². The molecule has 0 saturated carbocycles. The minimum Gasteiger partial charge on any atom is -0.490 e. The fraction of sp³-hybridized carbons (Fsp3) is 0.429. The van der Waals surface area contributed by atoms with E-state index in [2.05, 4.69) is 5.32 Å². The van der Waals surface area contributed by atoms with Gasteiger partial charge >= 0.3 is 5.97 Å². The minimum absolute atomic E-state index is 0.130. The molecule has 1 N–H and O–H groups in total. The maximum atomic E-state index is 12.0. The first-order valence-corrected chi connectivity index (χ1v) is 7.64. The number of nitrogens with one attached hydrogen (secondary N) is 1. The maximum Gasteiger partial charge on any atom is 0.341 e. The highest BCUT2D eigenvalue weighted by Gasteiger charge is 2.31. The summed E-state index contributed by atoms with van der Waals surface area (Å²) in [6, 6.07) is 4.49. The van der Waals surface area contributed by atoms with Crippen LogP contribution in [-0.4, -0.2) is 28.4 Å². The van der Waals surface area contributed by atoms with Crippen LogP contribution in [0.3, 0.4) is 0 Å². The van der Waals surface area contributed by atoms with Crippen molar-refractivity contribution in [2.45, 2.75) is 30.7 Å². The van der Waals surface area contributed by atoms with Crippen molar-refractivity contribution in [3.8, 4) is 5.75 Å². The zero-order valence-electron chi connectivity index (χ0n) is 12.3. The van der Waals surface area contributed by atoms with Crippen LogP contribution in [0.25, 0.3) is 0 Å². The van der Waals surface area contributed by atoms with Gasteiger partial charge in [0, 0.05) is 5.69 Å². The molecule has 1 rings (SSSR count). The van der Waals surface area contributed by atoms with Crippen molar-refractivity contribution in [3.05, 3.63) is 23.8 Å². The second-order valence-electron chi connectivity index (χ2n) is 4.55. The number of rotatable bonds is 5. The van der Waals surface area contributed by atoms with Gasteiger partial charge in [-0.15, -0.1) is 0 Å². The van der Waals surface area contributed by atoms with Gasteiger partial charge < -0.3 is 14.8 Å². The molecule has 22 heavy (non-hydrogen) atoms. The molecular weight excluding hydrogens is 353 g/mol. The summed E-state index contributed by atoms with van der Waals surface area (Å²) in [5, 5.41) is 2.40. The van der Waals surface area contributed by atoms with Gasteiger partial charge in [-0.05, 0) is 39.0 Å². The Morgan fingerprint density at radius 3 is 2.41 bits per heavy atom. The molecule has 0 spiro atoms. The lowest BCUT2D eigenvalue weighted by atomic mass is 10.1. The lowest BCUT2D eigenvalue weighted by molar-refractivity contribution is -0.115. The monoisotopic (exact) mass is 367 g/mol. The molecule has 0 atom stereocenters. The number of hydrogen-bond acceptors (Lipinski definition) is 4. The SMILES string of the molecule is CCOC(=O)c1cc(NC(=O)C(Cl)(Cl)Cl)ccc1OC(C)C. The van der Waals surface area contributed by atoms with E-state index in [4.69, 9.17) is 44.3 Å². The molecule has 0 bridgehead atoms. The van der Waals surface area contributed by atoms with Crippen molar-refractivity contribution in [3.63, 3.8) is 0 Å². The van der Waals surface area contributed by atoms with E-state index in [1.807, 2.05) is 13.8 Å². The summed E-state index contributed by atoms with van der Waals surface area (Å²) in [5.74, 6) is -1.05. The summed E-state index contributed by atoms with van der Waals surface area (Å²) < 4.78 is 8.42. The quantitative estimate of drug-likeness (QED) is 0.631. The number of alkyl halides is 3. The molecule has 0 heterocycles. The average Bonchev–Trinajstić information content (AvgIpc) is 2.39. The van der Waals surface area contributed by atoms with E-state index in [1.54, 1.807) is 13.0 Å². The summed E-state index contributed by atoms with van der Waals surface area (Å²) in [5.41, 5.74) is 0.466. The summed E-state index contributed by atoms with van der Waals surface area (Å²) in [7, 11) is 0. The van der Waals surface area contributed by atoms with E-state index >= 15 is 0 Å². The van der Waals surface area contributed by atoms with Gasteiger partial charge in [0.1, 0.15) is 11.3 Å². The van der Waals surface area contributed by atoms with Crippen molar-refractivity contribution in [2.24, 2.45) is 0 Å². The van der Waals surface area contributed by atoms with Gasteiger partial charge in [0.25, 0.3) is 9.70 Å². The standard InChI is InChI=1S/C14H16Cl3NO4/c1-4-21-12(19)10-7-9(18-13(20)14(15,16)17)5-6-11(10)22-8(2)3/h5-8H,4H2,1-3H3,(H,18,20). The summed E-state index contributed by atoms with van der Waals surface area (Å²) in [6.45, 7) is 5.56. The number of esters is 1. The molecule has 0 aliphatic carbocycles. The molecule has 0 unspecified atom stereocenters. The number of carbonyl (C=O) groups is 2. The predicted molar refractivity (Wildman–Crippen MR) is 87.1 cm³/mol. The van der Waals surface area contributed by atoms with Gasteiger partial charge in [-0.3, -0.25) is 4.79 Å². The van der Waals surface area contributed by atoms with Crippen LogP contribution in [0.1, 0.15) is 31.1 Å². The number of ether oxygens (including phenoxy) is 2. The third-order valence-electron chi connectivity index (χ3n) is 2.35. The molecule has 122 valence electrons. The van der Waals surface area contributed by atoms with Crippen molar-refractivity contribution < 1.29 is 19.1 Å². The van der Waals surface area contributed by atoms with Crippen LogP contribution >= 0.6 is 34.8 Å². The normalized spacial score (nSPS) is 11.2. The van der Waals surface area contributed by atoms with Gasteiger partial charge in [0.05, 0.1) is 12.7 Å². The fourth-order valence-corrected chi connectivity index (χ4v) is 1.68. The topological polar surface area (TPSA) is 64.6 Å². The van der Waals surface area contributed by atoms with E-state index in [0.717, 1.165) is 0 Å². The molecular formula is C14H16Cl3NO4. The maximum absolute atomic E-state index is 12.0. The third-order valence-corrected chi connectivity index (χ3v) is 2.87. The predicted octanol–water partition coefficient (Wildman–Crippen LogP) is 3.96. The zero-order valence-corrected chi connectivity index (χ0v) is 14.6. The number of carbonyl (C=O) groups excluding carboxylic acids is 2. The van der Waals surface area contributed by atoms with E-state index in [-0.39, 0.29) is 24.0 Å². The number of anilines is 1. The summed E-state index contributed by atoms with van der Waals surface area (Å²) in [4.78, 5) is 23.6. The molecule has 0 aliphatic rings. The Kier molecular flexibility index (Phi) is 6.78. The highest BCUT2D eigenvalue weighted by molar-refractivity contribution is 6.76. The lowest BCUT2D eigenvalue weighted by Crippen LogP contribution is -2.27. The fourth-order valence-electron chi connectivity index (χ4n) is 1.53. The van der Waals surface area contributed by atoms with Crippen molar-refractivity contribution in [1.82, 2.24) is 0 Å². The van der Waals surface area contributed by atoms with Crippen molar-refractivity contribution in [2.75, 3.05) is 11.9 Å². The summed E-state index contributed by atoms with van der Waals surface area (Å²) >= 11 is 16.5. The van der Waals surface area contributed by atoms with Crippen LogP contribution in [0.4, 0.5) is 5.69 Å². The van der Waals surface area contributed by atoms with Crippen molar-refractivity contribution in [1.29, 1.82) is 0 Å². The molecule has 1 aromatic rings. The molecule has 1 aromatic carbocycles. The third kappa shape index (κ3) is 5.55. The van der Waals surface area contributed by atoms with Gasteiger partial charge in [0.15, 0.2) is 0 Å². The Morgan fingerprint density at radius 1 is 1.27 bits per heavy atom. The lowest BCUT2D eigenvalue weighted by Gasteiger charge is -2.16. The first-order valence-electron chi connectivity index (χ1n) is 6.51. The number of halogens is 3. The number of benzene rings is 1. The molecule has 0 saturated heterocycles. The van der Waals surface area contributed by atoms with E-state index in [0.29, 0.717) is 5.75 Å². The van der Waals surface area contributed by atoms with Crippen LogP contribution in [-0.2, 0) is 9.53 Å². The highest BCUT2D eigenvalue weighted by atomic mass is 35.6. The smallest absolute Gasteiger partial charge is 0.341 e. The molecule has 0 aromatic heterocycles. The first kappa shape index (κ1) is 18.9. The van der Waals surface area contributed by atoms with E-state index in [1.165, 1.54) is 12.1 Å². The van der Waals surface area contributed by atoms with Gasteiger partial charge in [-0.25, -0.2) is 4.79 Å². The Hall–Kier alpha value is -1.17. The second kappa shape index (κ2) is 7.90. The van der Waals surface area contributed by atoms with Crippen LogP contribution < -0.4 is 10.1 Å². The molecule has 0 radical (unpaired) electrons. The molecule has 5 nitrogen and oxygen atoms in total. The van der Waals surface area contributed by atoms with E-state index < -0.39 is 15.7 Å². The Balaban J connectivity index is 3.10. The number of hydrogen-bond donors (Lipinski definition) is 1.